The Morgan fingerprint density at radius 1 is 1.10 bits per heavy atom. The molecule has 0 radical (unpaired) electrons. The summed E-state index contributed by atoms with van der Waals surface area (Å²) in [5.74, 6) is -0.418. The van der Waals surface area contributed by atoms with Crippen molar-refractivity contribution in [3.63, 3.8) is 0 Å². The normalized spacial score (nSPS) is 9.95. The van der Waals surface area contributed by atoms with E-state index in [1.165, 1.54) is 0 Å². The van der Waals surface area contributed by atoms with Crippen LogP contribution in [0, 0.1) is 11.3 Å². The van der Waals surface area contributed by atoms with Gasteiger partial charge in [0.05, 0.1) is 11.6 Å². The molecule has 0 aliphatic rings. The lowest BCUT2D eigenvalue weighted by Gasteiger charge is -2.06. The fourth-order valence-electron chi connectivity index (χ4n) is 1.88. The van der Waals surface area contributed by atoms with Crippen LogP contribution in [-0.4, -0.2) is 5.91 Å². The molecule has 4 nitrogen and oxygen atoms in total. The Morgan fingerprint density at radius 3 is 2.45 bits per heavy atom. The molecule has 0 unspecified atom stereocenters. The first kappa shape index (κ1) is 13.8. The van der Waals surface area contributed by atoms with Crippen molar-refractivity contribution in [3.05, 3.63) is 70.8 Å². The predicted octanol–water partition coefficient (Wildman–Crippen LogP) is 1.95. The largest absolute Gasteiger partial charge is 0.366 e. The number of nitrogens with two attached hydrogens (primary N) is 1. The Hall–Kier alpha value is -2.64. The highest BCUT2D eigenvalue weighted by Gasteiger charge is 2.01. The molecule has 2 aromatic rings. The monoisotopic (exact) mass is 265 g/mol. The van der Waals surface area contributed by atoms with Gasteiger partial charge in [0.2, 0.25) is 5.91 Å². The van der Waals surface area contributed by atoms with Crippen molar-refractivity contribution in [2.24, 2.45) is 5.73 Å². The molecule has 3 N–H and O–H groups in total. The molecule has 0 aromatic heterocycles. The highest BCUT2D eigenvalue weighted by molar-refractivity contribution is 5.92. The van der Waals surface area contributed by atoms with Crippen LogP contribution < -0.4 is 11.1 Å². The molecule has 1 amide bonds. The third kappa shape index (κ3) is 3.67. The van der Waals surface area contributed by atoms with Crippen LogP contribution in [0.4, 0.5) is 0 Å². The van der Waals surface area contributed by atoms with E-state index in [4.69, 9.17) is 11.0 Å². The van der Waals surface area contributed by atoms with Gasteiger partial charge in [0.1, 0.15) is 0 Å². The minimum absolute atomic E-state index is 0.418. The minimum Gasteiger partial charge on any atom is -0.366 e. The minimum atomic E-state index is -0.418. The van der Waals surface area contributed by atoms with Crippen LogP contribution in [0.1, 0.15) is 27.0 Å². The third-order valence-electron chi connectivity index (χ3n) is 2.95. The number of amides is 1. The molecule has 0 saturated heterocycles. The Bertz CT molecular complexity index is 642. The van der Waals surface area contributed by atoms with E-state index < -0.39 is 5.91 Å². The number of nitriles is 1. The van der Waals surface area contributed by atoms with Gasteiger partial charge in [-0.15, -0.1) is 0 Å². The molecule has 20 heavy (non-hydrogen) atoms. The van der Waals surface area contributed by atoms with Crippen molar-refractivity contribution in [1.29, 1.82) is 5.26 Å². The Balaban J connectivity index is 1.90. The fraction of sp³-hybridized carbons (Fsp3) is 0.125. The molecule has 4 heteroatoms. The standard InChI is InChI=1S/C16H15N3O/c17-9-12-4-6-13(7-5-12)10-19-11-14-2-1-3-15(8-14)16(18)20/h1-8,19H,10-11H2,(H2,18,20). The predicted molar refractivity (Wildman–Crippen MR) is 76.7 cm³/mol. The number of nitrogens with one attached hydrogen (secondary N) is 1. The molecule has 0 spiro atoms. The number of hydrogen-bond acceptors (Lipinski definition) is 3. The van der Waals surface area contributed by atoms with E-state index in [0.29, 0.717) is 24.2 Å². The number of rotatable bonds is 5. The molecule has 0 saturated carbocycles. The molecule has 0 heterocycles. The van der Waals surface area contributed by atoms with Gasteiger partial charge in [0, 0.05) is 18.7 Å². The van der Waals surface area contributed by atoms with Crippen molar-refractivity contribution in [2.45, 2.75) is 13.1 Å². The van der Waals surface area contributed by atoms with Gasteiger partial charge >= 0.3 is 0 Å². The number of carbonyl (C=O) groups is 1. The quantitative estimate of drug-likeness (QED) is 0.867. The lowest BCUT2D eigenvalue weighted by atomic mass is 10.1. The van der Waals surface area contributed by atoms with E-state index in [2.05, 4.69) is 11.4 Å². The maximum Gasteiger partial charge on any atom is 0.248 e. The number of nitrogens with zero attached hydrogens (tertiary/aromatic N) is 1. The van der Waals surface area contributed by atoms with E-state index in [9.17, 15) is 4.79 Å². The number of benzene rings is 2. The highest BCUT2D eigenvalue weighted by atomic mass is 16.1. The summed E-state index contributed by atoms with van der Waals surface area (Å²) in [5, 5.41) is 12.0. The summed E-state index contributed by atoms with van der Waals surface area (Å²) in [6.45, 7) is 1.35. The fourth-order valence-corrected chi connectivity index (χ4v) is 1.88. The first-order valence-corrected chi connectivity index (χ1v) is 6.27. The first-order chi connectivity index (χ1) is 9.69. The lowest BCUT2D eigenvalue weighted by molar-refractivity contribution is 0.1000. The Kier molecular flexibility index (Phi) is 4.48. The zero-order chi connectivity index (χ0) is 14.4. The van der Waals surface area contributed by atoms with Gasteiger partial charge in [-0.3, -0.25) is 4.79 Å². The molecule has 0 atom stereocenters. The maximum absolute atomic E-state index is 11.1. The SMILES string of the molecule is N#Cc1ccc(CNCc2cccc(C(N)=O)c2)cc1. The maximum atomic E-state index is 11.1. The van der Waals surface area contributed by atoms with Gasteiger partial charge in [-0.25, -0.2) is 0 Å². The second-order valence-electron chi connectivity index (χ2n) is 4.48. The molecule has 0 aliphatic carbocycles. The smallest absolute Gasteiger partial charge is 0.248 e. The zero-order valence-electron chi connectivity index (χ0n) is 11.0. The van der Waals surface area contributed by atoms with E-state index in [1.807, 2.05) is 24.3 Å². The summed E-state index contributed by atoms with van der Waals surface area (Å²) in [6, 6.07) is 16.8. The van der Waals surface area contributed by atoms with Crippen LogP contribution in [0.25, 0.3) is 0 Å². The summed E-state index contributed by atoms with van der Waals surface area (Å²) in [4.78, 5) is 11.1. The third-order valence-corrected chi connectivity index (χ3v) is 2.95. The first-order valence-electron chi connectivity index (χ1n) is 6.27. The number of primary amides is 1. The van der Waals surface area contributed by atoms with E-state index in [0.717, 1.165) is 11.1 Å². The summed E-state index contributed by atoms with van der Waals surface area (Å²) in [5.41, 5.74) is 8.53. The van der Waals surface area contributed by atoms with Crippen molar-refractivity contribution < 1.29 is 4.79 Å². The van der Waals surface area contributed by atoms with E-state index >= 15 is 0 Å². The summed E-state index contributed by atoms with van der Waals surface area (Å²) in [7, 11) is 0. The summed E-state index contributed by atoms with van der Waals surface area (Å²) < 4.78 is 0. The topological polar surface area (TPSA) is 78.9 Å². The average Bonchev–Trinajstić information content (AvgIpc) is 2.48. The van der Waals surface area contributed by atoms with Crippen LogP contribution in [0.2, 0.25) is 0 Å². The van der Waals surface area contributed by atoms with Gasteiger partial charge < -0.3 is 11.1 Å². The van der Waals surface area contributed by atoms with E-state index in [-0.39, 0.29) is 0 Å². The van der Waals surface area contributed by atoms with E-state index in [1.54, 1.807) is 24.3 Å². The van der Waals surface area contributed by atoms with Gasteiger partial charge in [-0.2, -0.15) is 5.26 Å². The van der Waals surface area contributed by atoms with Crippen LogP contribution >= 0.6 is 0 Å². The van der Waals surface area contributed by atoms with Gasteiger partial charge in [0.15, 0.2) is 0 Å². The van der Waals surface area contributed by atoms with Crippen LogP contribution in [0.3, 0.4) is 0 Å². The molecule has 2 aromatic carbocycles. The van der Waals surface area contributed by atoms with Crippen LogP contribution in [0.15, 0.2) is 48.5 Å². The number of hydrogen-bond donors (Lipinski definition) is 2. The van der Waals surface area contributed by atoms with Gasteiger partial charge in [-0.05, 0) is 35.4 Å². The Labute approximate surface area is 117 Å². The summed E-state index contributed by atoms with van der Waals surface area (Å²) >= 11 is 0. The second kappa shape index (κ2) is 6.50. The Morgan fingerprint density at radius 2 is 1.80 bits per heavy atom. The van der Waals surface area contributed by atoms with Gasteiger partial charge in [0.25, 0.3) is 0 Å². The highest BCUT2D eigenvalue weighted by Crippen LogP contribution is 2.06. The van der Waals surface area contributed by atoms with Crippen molar-refractivity contribution in [1.82, 2.24) is 5.32 Å². The molecular formula is C16H15N3O. The van der Waals surface area contributed by atoms with Crippen LogP contribution in [0.5, 0.6) is 0 Å². The van der Waals surface area contributed by atoms with Crippen molar-refractivity contribution in [3.8, 4) is 6.07 Å². The zero-order valence-corrected chi connectivity index (χ0v) is 11.0. The van der Waals surface area contributed by atoms with Crippen molar-refractivity contribution >= 4 is 5.91 Å². The second-order valence-corrected chi connectivity index (χ2v) is 4.48. The number of carbonyl (C=O) groups excluding carboxylic acids is 1. The molecular weight excluding hydrogens is 250 g/mol. The summed E-state index contributed by atoms with van der Waals surface area (Å²) in [6.07, 6.45) is 0. The van der Waals surface area contributed by atoms with Crippen LogP contribution in [-0.2, 0) is 13.1 Å². The van der Waals surface area contributed by atoms with Crippen molar-refractivity contribution in [2.75, 3.05) is 0 Å². The lowest BCUT2D eigenvalue weighted by Crippen LogP contribution is -2.14. The molecule has 2 rings (SSSR count). The molecule has 100 valence electrons. The van der Waals surface area contributed by atoms with Gasteiger partial charge in [-0.1, -0.05) is 24.3 Å². The molecule has 0 bridgehead atoms. The average molecular weight is 265 g/mol. The molecule has 0 fully saturated rings. The molecule has 0 aliphatic heterocycles.